The molecule has 1 fully saturated rings. The van der Waals surface area contributed by atoms with Crippen molar-refractivity contribution in [3.05, 3.63) is 29.8 Å². The monoisotopic (exact) mass is 277 g/mol. The Labute approximate surface area is 120 Å². The van der Waals surface area contributed by atoms with E-state index in [1.807, 2.05) is 18.2 Å². The van der Waals surface area contributed by atoms with Crippen LogP contribution in [-0.2, 0) is 9.53 Å². The number of benzene rings is 1. The first-order chi connectivity index (χ1) is 9.65. The van der Waals surface area contributed by atoms with E-state index in [9.17, 15) is 4.79 Å². The van der Waals surface area contributed by atoms with E-state index in [0.29, 0.717) is 12.5 Å². The molecule has 20 heavy (non-hydrogen) atoms. The van der Waals surface area contributed by atoms with Gasteiger partial charge < -0.3 is 14.8 Å². The van der Waals surface area contributed by atoms with Crippen molar-refractivity contribution in [3.8, 4) is 5.75 Å². The van der Waals surface area contributed by atoms with Gasteiger partial charge in [-0.2, -0.15) is 0 Å². The summed E-state index contributed by atoms with van der Waals surface area (Å²) in [5, 5.41) is 2.84. The van der Waals surface area contributed by atoms with E-state index in [-0.39, 0.29) is 18.6 Å². The third-order valence-corrected chi connectivity index (χ3v) is 3.45. The highest BCUT2D eigenvalue weighted by Crippen LogP contribution is 2.19. The summed E-state index contributed by atoms with van der Waals surface area (Å²) in [5.74, 6) is 1.09. The molecule has 1 saturated heterocycles. The van der Waals surface area contributed by atoms with Gasteiger partial charge in [-0.05, 0) is 36.5 Å². The maximum atomic E-state index is 11.7. The van der Waals surface area contributed by atoms with Gasteiger partial charge in [0.1, 0.15) is 5.75 Å². The molecule has 1 N–H and O–H groups in total. The second-order valence-corrected chi connectivity index (χ2v) is 5.45. The Bertz CT molecular complexity index is 439. The van der Waals surface area contributed by atoms with Gasteiger partial charge in [0.05, 0.1) is 6.10 Å². The molecule has 1 aliphatic rings. The normalized spacial score (nSPS) is 18.2. The van der Waals surface area contributed by atoms with Gasteiger partial charge in [0.15, 0.2) is 6.61 Å². The molecular weight excluding hydrogens is 254 g/mol. The summed E-state index contributed by atoms with van der Waals surface area (Å²) in [6.45, 7) is 5.70. The predicted molar refractivity (Wildman–Crippen MR) is 78.0 cm³/mol. The summed E-state index contributed by atoms with van der Waals surface area (Å²) in [5.41, 5.74) is 1.21. The van der Waals surface area contributed by atoms with Gasteiger partial charge in [0, 0.05) is 13.2 Å². The van der Waals surface area contributed by atoms with E-state index in [1.165, 1.54) is 5.56 Å². The van der Waals surface area contributed by atoms with Gasteiger partial charge in [-0.1, -0.05) is 26.0 Å². The van der Waals surface area contributed by atoms with Crippen LogP contribution in [-0.4, -0.2) is 31.8 Å². The highest BCUT2D eigenvalue weighted by Gasteiger charge is 2.16. The Balaban J connectivity index is 1.73. The average molecular weight is 277 g/mol. The van der Waals surface area contributed by atoms with Gasteiger partial charge in [0.2, 0.25) is 0 Å². The zero-order valence-electron chi connectivity index (χ0n) is 12.2. The Morgan fingerprint density at radius 3 is 3.05 bits per heavy atom. The van der Waals surface area contributed by atoms with Gasteiger partial charge in [-0.15, -0.1) is 0 Å². The lowest BCUT2D eigenvalue weighted by Gasteiger charge is -2.12. The van der Waals surface area contributed by atoms with Crippen LogP contribution in [0.5, 0.6) is 5.75 Å². The van der Waals surface area contributed by atoms with Crippen molar-refractivity contribution >= 4 is 5.91 Å². The molecule has 4 nitrogen and oxygen atoms in total. The minimum Gasteiger partial charge on any atom is -0.484 e. The van der Waals surface area contributed by atoms with E-state index in [2.05, 4.69) is 25.2 Å². The largest absolute Gasteiger partial charge is 0.484 e. The van der Waals surface area contributed by atoms with Crippen molar-refractivity contribution in [2.45, 2.75) is 38.7 Å². The lowest BCUT2D eigenvalue weighted by atomic mass is 10.0. The molecular formula is C16H23NO3. The molecule has 0 radical (unpaired) electrons. The zero-order chi connectivity index (χ0) is 14.4. The van der Waals surface area contributed by atoms with Crippen molar-refractivity contribution < 1.29 is 14.3 Å². The molecule has 1 aromatic carbocycles. The summed E-state index contributed by atoms with van der Waals surface area (Å²) in [6.07, 6.45) is 2.28. The number of hydrogen-bond donors (Lipinski definition) is 1. The number of amides is 1. The fraction of sp³-hybridized carbons (Fsp3) is 0.562. The third-order valence-electron chi connectivity index (χ3n) is 3.45. The first kappa shape index (κ1) is 14.9. The number of ether oxygens (including phenoxy) is 2. The number of hydrogen-bond acceptors (Lipinski definition) is 3. The van der Waals surface area contributed by atoms with Gasteiger partial charge in [0.25, 0.3) is 5.91 Å². The topological polar surface area (TPSA) is 47.6 Å². The van der Waals surface area contributed by atoms with E-state index in [0.717, 1.165) is 25.2 Å². The number of rotatable bonds is 6. The van der Waals surface area contributed by atoms with Crippen LogP contribution in [0.4, 0.5) is 0 Å². The molecule has 0 aromatic heterocycles. The Hall–Kier alpha value is -1.55. The molecule has 1 aromatic rings. The first-order valence-corrected chi connectivity index (χ1v) is 7.26. The summed E-state index contributed by atoms with van der Waals surface area (Å²) >= 11 is 0. The van der Waals surface area contributed by atoms with Gasteiger partial charge in [-0.3, -0.25) is 4.79 Å². The fourth-order valence-corrected chi connectivity index (χ4v) is 2.20. The van der Waals surface area contributed by atoms with Crippen LogP contribution in [0.1, 0.15) is 38.2 Å². The van der Waals surface area contributed by atoms with Crippen molar-refractivity contribution in [2.75, 3.05) is 19.8 Å². The summed E-state index contributed by atoms with van der Waals surface area (Å²) in [6, 6.07) is 7.88. The maximum Gasteiger partial charge on any atom is 0.258 e. The second-order valence-electron chi connectivity index (χ2n) is 5.45. The smallest absolute Gasteiger partial charge is 0.258 e. The molecule has 1 atom stereocenters. The summed E-state index contributed by atoms with van der Waals surface area (Å²) < 4.78 is 11.0. The lowest BCUT2D eigenvalue weighted by Crippen LogP contribution is -2.35. The van der Waals surface area contributed by atoms with E-state index >= 15 is 0 Å². The second kappa shape index (κ2) is 7.29. The Kier molecular flexibility index (Phi) is 5.41. The van der Waals surface area contributed by atoms with Crippen LogP contribution in [0, 0.1) is 0 Å². The highest BCUT2D eigenvalue weighted by molar-refractivity contribution is 5.77. The van der Waals surface area contributed by atoms with Crippen LogP contribution < -0.4 is 10.1 Å². The number of carbonyl (C=O) groups is 1. The van der Waals surface area contributed by atoms with E-state index in [1.54, 1.807) is 0 Å². The Morgan fingerprint density at radius 1 is 1.50 bits per heavy atom. The quantitative estimate of drug-likeness (QED) is 0.869. The Morgan fingerprint density at radius 2 is 2.35 bits per heavy atom. The number of carbonyl (C=O) groups excluding carboxylic acids is 1. The fourth-order valence-electron chi connectivity index (χ4n) is 2.20. The van der Waals surface area contributed by atoms with Crippen molar-refractivity contribution in [1.82, 2.24) is 5.32 Å². The molecule has 4 heteroatoms. The van der Waals surface area contributed by atoms with E-state index < -0.39 is 0 Å². The summed E-state index contributed by atoms with van der Waals surface area (Å²) in [7, 11) is 0. The van der Waals surface area contributed by atoms with Crippen molar-refractivity contribution in [2.24, 2.45) is 0 Å². The van der Waals surface area contributed by atoms with Crippen molar-refractivity contribution in [3.63, 3.8) is 0 Å². The number of nitrogens with one attached hydrogen (secondary N) is 1. The SMILES string of the molecule is CC(C)c1cccc(OCC(=O)NCC2CCCO2)c1. The third kappa shape index (κ3) is 4.53. The molecule has 1 amide bonds. The summed E-state index contributed by atoms with van der Waals surface area (Å²) in [4.78, 5) is 11.7. The van der Waals surface area contributed by atoms with Crippen LogP contribution in [0.2, 0.25) is 0 Å². The van der Waals surface area contributed by atoms with Crippen LogP contribution >= 0.6 is 0 Å². The molecule has 0 aliphatic carbocycles. The predicted octanol–water partition coefficient (Wildman–Crippen LogP) is 2.48. The van der Waals surface area contributed by atoms with Crippen molar-refractivity contribution in [1.29, 1.82) is 0 Å². The molecule has 1 unspecified atom stereocenters. The first-order valence-electron chi connectivity index (χ1n) is 7.26. The molecule has 1 aliphatic heterocycles. The molecule has 0 saturated carbocycles. The maximum absolute atomic E-state index is 11.7. The van der Waals surface area contributed by atoms with E-state index in [4.69, 9.17) is 9.47 Å². The van der Waals surface area contributed by atoms with Gasteiger partial charge in [-0.25, -0.2) is 0 Å². The molecule has 0 spiro atoms. The van der Waals surface area contributed by atoms with Crippen LogP contribution in [0.25, 0.3) is 0 Å². The highest BCUT2D eigenvalue weighted by atomic mass is 16.5. The molecule has 0 bridgehead atoms. The zero-order valence-corrected chi connectivity index (χ0v) is 12.2. The van der Waals surface area contributed by atoms with Crippen LogP contribution in [0.15, 0.2) is 24.3 Å². The van der Waals surface area contributed by atoms with Crippen LogP contribution in [0.3, 0.4) is 0 Å². The molecule has 1 heterocycles. The molecule has 2 rings (SSSR count). The molecule has 110 valence electrons. The average Bonchev–Trinajstić information content (AvgIpc) is 2.96. The minimum absolute atomic E-state index is 0.0499. The lowest BCUT2D eigenvalue weighted by molar-refractivity contribution is -0.123. The van der Waals surface area contributed by atoms with Gasteiger partial charge >= 0.3 is 0 Å². The minimum atomic E-state index is -0.101. The standard InChI is InChI=1S/C16H23NO3/c1-12(2)13-5-3-6-14(9-13)20-11-16(18)17-10-15-7-4-8-19-15/h3,5-6,9,12,15H,4,7-8,10-11H2,1-2H3,(H,17,18).